The number of nitrogens with zero attached hydrogens (tertiary/aromatic N) is 2. The molecular formula is C15H17N5O. The van der Waals surface area contributed by atoms with Crippen molar-refractivity contribution in [3.8, 4) is 11.4 Å². The van der Waals surface area contributed by atoms with E-state index in [9.17, 15) is 4.79 Å². The topological polar surface area (TPSA) is 100 Å². The van der Waals surface area contributed by atoms with Crippen LogP contribution in [0.15, 0.2) is 29.1 Å². The maximum absolute atomic E-state index is 11.8. The van der Waals surface area contributed by atoms with E-state index in [0.29, 0.717) is 17.0 Å². The third-order valence-corrected chi connectivity index (χ3v) is 3.43. The van der Waals surface area contributed by atoms with Crippen molar-refractivity contribution in [3.63, 3.8) is 0 Å². The molecule has 21 heavy (non-hydrogen) atoms. The van der Waals surface area contributed by atoms with Crippen LogP contribution >= 0.6 is 0 Å². The summed E-state index contributed by atoms with van der Waals surface area (Å²) in [4.78, 5) is 25.6. The normalized spacial score (nSPS) is 11.1. The molecule has 0 spiro atoms. The first kappa shape index (κ1) is 13.4. The van der Waals surface area contributed by atoms with Crippen LogP contribution in [0.3, 0.4) is 0 Å². The maximum atomic E-state index is 11.8. The number of aromatic amines is 2. The van der Waals surface area contributed by atoms with Gasteiger partial charge in [-0.1, -0.05) is 37.6 Å². The molecule has 0 atom stereocenters. The summed E-state index contributed by atoms with van der Waals surface area (Å²) < 4.78 is 0. The van der Waals surface area contributed by atoms with Gasteiger partial charge >= 0.3 is 0 Å². The number of anilines is 1. The molecule has 3 rings (SSSR count). The van der Waals surface area contributed by atoms with Crippen LogP contribution in [-0.4, -0.2) is 19.9 Å². The van der Waals surface area contributed by atoms with Crippen LogP contribution in [0.4, 0.5) is 5.95 Å². The molecule has 0 saturated carbocycles. The summed E-state index contributed by atoms with van der Waals surface area (Å²) in [7, 11) is 0. The molecule has 6 heteroatoms. The quantitative estimate of drug-likeness (QED) is 0.683. The highest BCUT2D eigenvalue weighted by Crippen LogP contribution is 2.19. The molecule has 108 valence electrons. The number of imidazole rings is 1. The van der Waals surface area contributed by atoms with E-state index in [0.717, 1.165) is 12.0 Å². The summed E-state index contributed by atoms with van der Waals surface area (Å²) in [6.07, 6.45) is 3.44. The Morgan fingerprint density at radius 2 is 1.90 bits per heavy atom. The van der Waals surface area contributed by atoms with Crippen molar-refractivity contribution in [2.45, 2.75) is 26.2 Å². The minimum atomic E-state index is -0.309. The fourth-order valence-electron chi connectivity index (χ4n) is 2.27. The largest absolute Gasteiger partial charge is 0.369 e. The SMILES string of the molecule is CCCCc1ccc(-c2nc3nc(N)[nH]c(=O)c3[nH]2)cc1. The average molecular weight is 283 g/mol. The molecule has 0 aliphatic carbocycles. The van der Waals surface area contributed by atoms with Gasteiger partial charge < -0.3 is 10.7 Å². The van der Waals surface area contributed by atoms with Crippen LogP contribution in [-0.2, 0) is 6.42 Å². The molecule has 0 bridgehead atoms. The molecule has 3 aromatic rings. The van der Waals surface area contributed by atoms with Crippen molar-refractivity contribution >= 4 is 17.1 Å². The predicted octanol–water partition coefficient (Wildman–Crippen LogP) is 2.24. The number of H-pyrrole nitrogens is 2. The number of fused-ring (bicyclic) bond motifs is 1. The van der Waals surface area contributed by atoms with Crippen LogP contribution in [0.25, 0.3) is 22.6 Å². The summed E-state index contributed by atoms with van der Waals surface area (Å²) in [5.41, 5.74) is 8.11. The zero-order valence-corrected chi connectivity index (χ0v) is 11.8. The first-order valence-corrected chi connectivity index (χ1v) is 7.02. The van der Waals surface area contributed by atoms with Gasteiger partial charge in [0.2, 0.25) is 5.95 Å². The number of nitrogen functional groups attached to an aromatic ring is 1. The molecular weight excluding hydrogens is 266 g/mol. The molecule has 4 N–H and O–H groups in total. The summed E-state index contributed by atoms with van der Waals surface area (Å²) in [5.74, 6) is 0.691. The van der Waals surface area contributed by atoms with Gasteiger partial charge in [-0.25, -0.2) is 4.98 Å². The highest BCUT2D eigenvalue weighted by Gasteiger charge is 2.10. The zero-order chi connectivity index (χ0) is 14.8. The average Bonchev–Trinajstić information content (AvgIpc) is 2.90. The molecule has 0 aliphatic rings. The molecule has 6 nitrogen and oxygen atoms in total. The van der Waals surface area contributed by atoms with Crippen molar-refractivity contribution < 1.29 is 0 Å². The van der Waals surface area contributed by atoms with Gasteiger partial charge in [0, 0.05) is 5.56 Å². The van der Waals surface area contributed by atoms with E-state index in [1.54, 1.807) is 0 Å². The van der Waals surface area contributed by atoms with E-state index in [-0.39, 0.29) is 11.5 Å². The van der Waals surface area contributed by atoms with Crippen molar-refractivity contribution in [1.29, 1.82) is 0 Å². The van der Waals surface area contributed by atoms with Gasteiger partial charge in [0.1, 0.15) is 5.82 Å². The molecule has 0 radical (unpaired) electrons. The van der Waals surface area contributed by atoms with Gasteiger partial charge in [0.25, 0.3) is 5.56 Å². The number of unbranched alkanes of at least 4 members (excludes halogenated alkanes) is 1. The minimum absolute atomic E-state index is 0.0699. The van der Waals surface area contributed by atoms with Crippen LogP contribution in [0.2, 0.25) is 0 Å². The lowest BCUT2D eigenvalue weighted by Gasteiger charge is -2.01. The third-order valence-electron chi connectivity index (χ3n) is 3.43. The van der Waals surface area contributed by atoms with Crippen molar-refractivity contribution in [1.82, 2.24) is 19.9 Å². The standard InChI is InChI=1S/C15H17N5O/c1-2-3-4-9-5-7-10(8-6-9)12-17-11-13(18-12)19-15(16)20-14(11)21/h5-8H,2-4H2,1H3,(H4,16,17,18,19,20,21). The highest BCUT2D eigenvalue weighted by atomic mass is 16.1. The van der Waals surface area contributed by atoms with E-state index in [1.807, 2.05) is 12.1 Å². The Morgan fingerprint density at radius 3 is 2.62 bits per heavy atom. The molecule has 0 saturated heterocycles. The second-order valence-corrected chi connectivity index (χ2v) is 5.04. The molecule has 0 amide bonds. The first-order chi connectivity index (χ1) is 10.2. The molecule has 0 fully saturated rings. The number of aromatic nitrogens is 4. The van der Waals surface area contributed by atoms with E-state index in [4.69, 9.17) is 5.73 Å². The third kappa shape index (κ3) is 2.65. The Hall–Kier alpha value is -2.63. The molecule has 1 aromatic carbocycles. The number of rotatable bonds is 4. The lowest BCUT2D eigenvalue weighted by Crippen LogP contribution is -2.10. The van der Waals surface area contributed by atoms with Crippen LogP contribution in [0.5, 0.6) is 0 Å². The van der Waals surface area contributed by atoms with Crippen LogP contribution < -0.4 is 11.3 Å². The summed E-state index contributed by atoms with van der Waals surface area (Å²) in [5, 5.41) is 0. The Balaban J connectivity index is 1.96. The van der Waals surface area contributed by atoms with Gasteiger partial charge in [0.05, 0.1) is 0 Å². The minimum Gasteiger partial charge on any atom is -0.369 e. The second-order valence-electron chi connectivity index (χ2n) is 5.04. The van der Waals surface area contributed by atoms with Gasteiger partial charge in [0.15, 0.2) is 11.2 Å². The monoisotopic (exact) mass is 283 g/mol. The number of nitrogens with two attached hydrogens (primary N) is 1. The van der Waals surface area contributed by atoms with Crippen LogP contribution in [0.1, 0.15) is 25.3 Å². The molecule has 2 aromatic heterocycles. The van der Waals surface area contributed by atoms with Gasteiger partial charge in [-0.2, -0.15) is 4.98 Å². The highest BCUT2D eigenvalue weighted by molar-refractivity contribution is 5.75. The second kappa shape index (κ2) is 5.40. The maximum Gasteiger partial charge on any atom is 0.278 e. The van der Waals surface area contributed by atoms with Crippen molar-refractivity contribution in [2.75, 3.05) is 5.73 Å². The summed E-state index contributed by atoms with van der Waals surface area (Å²) in [6.45, 7) is 2.18. The number of hydrogen-bond acceptors (Lipinski definition) is 4. The van der Waals surface area contributed by atoms with E-state index in [2.05, 4.69) is 39.0 Å². The first-order valence-electron chi connectivity index (χ1n) is 7.02. The zero-order valence-electron chi connectivity index (χ0n) is 11.8. The molecule has 2 heterocycles. The predicted molar refractivity (Wildman–Crippen MR) is 83.0 cm³/mol. The van der Waals surface area contributed by atoms with E-state index in [1.165, 1.54) is 18.4 Å². The van der Waals surface area contributed by atoms with Crippen LogP contribution in [0, 0.1) is 0 Å². The Morgan fingerprint density at radius 1 is 1.14 bits per heavy atom. The summed E-state index contributed by atoms with van der Waals surface area (Å²) in [6, 6.07) is 8.18. The lowest BCUT2D eigenvalue weighted by molar-refractivity contribution is 0.795. The van der Waals surface area contributed by atoms with Gasteiger partial charge in [-0.3, -0.25) is 9.78 Å². The fraction of sp³-hybridized carbons (Fsp3) is 0.267. The van der Waals surface area contributed by atoms with Crippen molar-refractivity contribution in [3.05, 3.63) is 40.2 Å². The summed E-state index contributed by atoms with van der Waals surface area (Å²) >= 11 is 0. The van der Waals surface area contributed by atoms with Gasteiger partial charge in [-0.15, -0.1) is 0 Å². The van der Waals surface area contributed by atoms with E-state index >= 15 is 0 Å². The smallest absolute Gasteiger partial charge is 0.278 e. The number of aryl methyl sites for hydroxylation is 1. The number of hydrogen-bond donors (Lipinski definition) is 3. The lowest BCUT2D eigenvalue weighted by atomic mass is 10.1. The fourth-order valence-corrected chi connectivity index (χ4v) is 2.27. The van der Waals surface area contributed by atoms with Gasteiger partial charge in [-0.05, 0) is 18.4 Å². The Kier molecular flexibility index (Phi) is 3.43. The molecule has 0 aliphatic heterocycles. The molecule has 0 unspecified atom stereocenters. The number of nitrogens with one attached hydrogen (secondary N) is 2. The Labute approximate surface area is 121 Å². The van der Waals surface area contributed by atoms with E-state index < -0.39 is 0 Å². The Bertz CT molecular complexity index is 816. The van der Waals surface area contributed by atoms with Crippen molar-refractivity contribution in [2.24, 2.45) is 0 Å². The number of benzene rings is 1.